The minimum atomic E-state index is 0.358. The predicted octanol–water partition coefficient (Wildman–Crippen LogP) is 4.42. The van der Waals surface area contributed by atoms with Gasteiger partial charge in [0.25, 0.3) is 0 Å². The van der Waals surface area contributed by atoms with E-state index >= 15 is 0 Å². The highest BCUT2D eigenvalue weighted by Gasteiger charge is 2.19. The third-order valence-corrected chi connectivity index (χ3v) is 4.10. The highest BCUT2D eigenvalue weighted by atomic mass is 16.1. The van der Waals surface area contributed by atoms with Crippen molar-refractivity contribution in [2.45, 2.75) is 70.6 Å². The summed E-state index contributed by atoms with van der Waals surface area (Å²) in [4.78, 5) is 12.1. The molecule has 0 unspecified atom stereocenters. The molecule has 0 heterocycles. The Kier molecular flexibility index (Phi) is 4.62. The van der Waals surface area contributed by atoms with Crippen molar-refractivity contribution < 1.29 is 4.79 Å². The molecule has 1 nitrogen and oxygen atoms in total. The summed E-state index contributed by atoms with van der Waals surface area (Å²) in [6.45, 7) is 0. The molecule has 2 saturated carbocycles. The minimum absolute atomic E-state index is 0.358. The largest absolute Gasteiger partial charge is 0.295 e. The Bertz CT molecular complexity index is 249. The average Bonchev–Trinajstić information content (AvgIpc) is 2.59. The summed E-state index contributed by atoms with van der Waals surface area (Å²) in [5, 5.41) is 0. The number of hydrogen-bond donors (Lipinski definition) is 0. The zero-order valence-electron chi connectivity index (χ0n) is 10.3. The molecule has 2 fully saturated rings. The molecule has 0 aromatic carbocycles. The van der Waals surface area contributed by atoms with Gasteiger partial charge in [0, 0.05) is 5.92 Å². The van der Waals surface area contributed by atoms with Crippen LogP contribution in [0.15, 0.2) is 11.6 Å². The first-order chi connectivity index (χ1) is 7.86. The second-order valence-corrected chi connectivity index (χ2v) is 5.45. The monoisotopic (exact) mass is 220 g/mol. The van der Waals surface area contributed by atoms with Crippen molar-refractivity contribution in [2.75, 3.05) is 0 Å². The van der Waals surface area contributed by atoms with Gasteiger partial charge < -0.3 is 0 Å². The standard InChI is InChI=1S/C15H24O/c16-15(12-13-8-4-3-5-9-13)14-10-6-1-2-7-11-14/h12,14H,1-11H2. The quantitative estimate of drug-likeness (QED) is 0.497. The molecule has 2 aliphatic carbocycles. The van der Waals surface area contributed by atoms with Gasteiger partial charge in [-0.2, -0.15) is 0 Å². The van der Waals surface area contributed by atoms with E-state index in [1.54, 1.807) is 0 Å². The van der Waals surface area contributed by atoms with Gasteiger partial charge in [-0.15, -0.1) is 0 Å². The van der Waals surface area contributed by atoms with Crippen molar-refractivity contribution in [3.05, 3.63) is 11.6 Å². The number of allylic oxidation sites excluding steroid dienone is 2. The van der Waals surface area contributed by atoms with Crippen LogP contribution in [-0.4, -0.2) is 5.78 Å². The summed E-state index contributed by atoms with van der Waals surface area (Å²) in [7, 11) is 0. The van der Waals surface area contributed by atoms with Crippen LogP contribution in [0, 0.1) is 5.92 Å². The lowest BCUT2D eigenvalue weighted by molar-refractivity contribution is -0.118. The van der Waals surface area contributed by atoms with Gasteiger partial charge in [-0.25, -0.2) is 0 Å². The van der Waals surface area contributed by atoms with E-state index in [0.29, 0.717) is 11.7 Å². The van der Waals surface area contributed by atoms with Crippen molar-refractivity contribution >= 4 is 5.78 Å². The van der Waals surface area contributed by atoms with Crippen LogP contribution in [0.5, 0.6) is 0 Å². The topological polar surface area (TPSA) is 17.1 Å². The highest BCUT2D eigenvalue weighted by Crippen LogP contribution is 2.27. The molecule has 0 N–H and O–H groups in total. The van der Waals surface area contributed by atoms with Crippen molar-refractivity contribution in [3.8, 4) is 0 Å². The average molecular weight is 220 g/mol. The summed E-state index contributed by atoms with van der Waals surface area (Å²) in [6, 6.07) is 0. The lowest BCUT2D eigenvalue weighted by atomic mass is 9.89. The van der Waals surface area contributed by atoms with E-state index < -0.39 is 0 Å². The van der Waals surface area contributed by atoms with Crippen LogP contribution in [-0.2, 0) is 4.79 Å². The molecule has 90 valence electrons. The predicted molar refractivity (Wildman–Crippen MR) is 67.4 cm³/mol. The Balaban J connectivity index is 1.89. The lowest BCUT2D eigenvalue weighted by Crippen LogP contribution is -2.12. The van der Waals surface area contributed by atoms with Crippen molar-refractivity contribution in [1.82, 2.24) is 0 Å². The molecule has 0 bridgehead atoms. The molecule has 0 aliphatic heterocycles. The normalized spacial score (nSPS) is 23.9. The molecule has 2 aliphatic rings. The van der Waals surface area contributed by atoms with E-state index in [-0.39, 0.29) is 0 Å². The fraction of sp³-hybridized carbons (Fsp3) is 0.800. The van der Waals surface area contributed by atoms with Gasteiger partial charge in [0.1, 0.15) is 0 Å². The van der Waals surface area contributed by atoms with Crippen LogP contribution in [0.3, 0.4) is 0 Å². The van der Waals surface area contributed by atoms with E-state index in [2.05, 4.69) is 0 Å². The molecule has 0 amide bonds. The van der Waals surface area contributed by atoms with Crippen molar-refractivity contribution in [2.24, 2.45) is 5.92 Å². The molecule has 2 rings (SSSR count). The van der Waals surface area contributed by atoms with Crippen LogP contribution in [0.1, 0.15) is 70.6 Å². The van der Waals surface area contributed by atoms with Gasteiger partial charge in [0.05, 0.1) is 0 Å². The molecular formula is C15H24O. The molecule has 16 heavy (non-hydrogen) atoms. The SMILES string of the molecule is O=C(C=C1CCCCC1)C1CCCCCC1. The first-order valence-electron chi connectivity index (χ1n) is 7.09. The summed E-state index contributed by atoms with van der Waals surface area (Å²) < 4.78 is 0. The van der Waals surface area contributed by atoms with Crippen LogP contribution in [0.25, 0.3) is 0 Å². The maximum atomic E-state index is 12.1. The summed E-state index contributed by atoms with van der Waals surface area (Å²) >= 11 is 0. The van der Waals surface area contributed by atoms with Gasteiger partial charge in [0.2, 0.25) is 0 Å². The smallest absolute Gasteiger partial charge is 0.158 e. The van der Waals surface area contributed by atoms with Crippen LogP contribution in [0.2, 0.25) is 0 Å². The molecule has 0 atom stereocenters. The Morgan fingerprint density at radius 3 is 2.06 bits per heavy atom. The Morgan fingerprint density at radius 1 is 0.875 bits per heavy atom. The first kappa shape index (κ1) is 11.9. The Labute approximate surface area is 99.3 Å². The molecule has 0 radical (unpaired) electrons. The zero-order chi connectivity index (χ0) is 11.2. The van der Waals surface area contributed by atoms with Crippen molar-refractivity contribution in [3.63, 3.8) is 0 Å². The van der Waals surface area contributed by atoms with E-state index in [1.165, 1.54) is 63.4 Å². The van der Waals surface area contributed by atoms with Crippen LogP contribution in [0.4, 0.5) is 0 Å². The molecular weight excluding hydrogens is 196 g/mol. The maximum Gasteiger partial charge on any atom is 0.158 e. The maximum absolute atomic E-state index is 12.1. The molecule has 0 aromatic heterocycles. The number of rotatable bonds is 2. The lowest BCUT2D eigenvalue weighted by Gasteiger charge is -2.15. The number of hydrogen-bond acceptors (Lipinski definition) is 1. The van der Waals surface area contributed by atoms with Gasteiger partial charge in [-0.3, -0.25) is 4.79 Å². The number of ketones is 1. The highest BCUT2D eigenvalue weighted by molar-refractivity contribution is 5.92. The first-order valence-corrected chi connectivity index (χ1v) is 7.09. The fourth-order valence-corrected chi connectivity index (χ4v) is 3.03. The van der Waals surface area contributed by atoms with Gasteiger partial charge in [-0.05, 0) is 44.6 Å². The summed E-state index contributed by atoms with van der Waals surface area (Å²) in [5.74, 6) is 0.802. The molecule has 1 heteroatoms. The van der Waals surface area contributed by atoms with Gasteiger partial charge in [0.15, 0.2) is 5.78 Å². The van der Waals surface area contributed by atoms with Crippen LogP contribution < -0.4 is 0 Å². The van der Waals surface area contributed by atoms with E-state index in [9.17, 15) is 4.79 Å². The number of carbonyl (C=O) groups excluding carboxylic acids is 1. The van der Waals surface area contributed by atoms with E-state index in [0.717, 1.165) is 12.8 Å². The minimum Gasteiger partial charge on any atom is -0.295 e. The van der Waals surface area contributed by atoms with Gasteiger partial charge in [-0.1, -0.05) is 37.7 Å². The zero-order valence-corrected chi connectivity index (χ0v) is 10.3. The number of carbonyl (C=O) groups is 1. The van der Waals surface area contributed by atoms with Gasteiger partial charge >= 0.3 is 0 Å². The third-order valence-electron chi connectivity index (χ3n) is 4.10. The fourth-order valence-electron chi connectivity index (χ4n) is 3.03. The summed E-state index contributed by atoms with van der Waals surface area (Å²) in [6.07, 6.45) is 15.8. The third kappa shape index (κ3) is 3.47. The second-order valence-electron chi connectivity index (χ2n) is 5.45. The van der Waals surface area contributed by atoms with E-state index in [1.807, 2.05) is 6.08 Å². The second kappa shape index (κ2) is 6.22. The molecule has 0 saturated heterocycles. The van der Waals surface area contributed by atoms with Crippen molar-refractivity contribution in [1.29, 1.82) is 0 Å². The van der Waals surface area contributed by atoms with E-state index in [4.69, 9.17) is 0 Å². The summed E-state index contributed by atoms with van der Waals surface area (Å²) in [5.41, 5.74) is 1.43. The Hall–Kier alpha value is -0.590. The Morgan fingerprint density at radius 2 is 1.44 bits per heavy atom. The van der Waals surface area contributed by atoms with Crippen LogP contribution >= 0.6 is 0 Å². The molecule has 0 spiro atoms. The molecule has 0 aromatic rings.